The summed E-state index contributed by atoms with van der Waals surface area (Å²) in [5.41, 5.74) is -0.655. The number of anilines is 1. The molecule has 0 atom stereocenters. The van der Waals surface area contributed by atoms with Gasteiger partial charge in [0.05, 0.1) is 15.9 Å². The topological polar surface area (TPSA) is 130 Å². The van der Waals surface area contributed by atoms with Gasteiger partial charge in [-0.15, -0.1) is 0 Å². The summed E-state index contributed by atoms with van der Waals surface area (Å²) in [5.74, 6) is -0.520. The summed E-state index contributed by atoms with van der Waals surface area (Å²) in [6.45, 7) is 1.17. The summed E-state index contributed by atoms with van der Waals surface area (Å²) in [7, 11) is -3.94. The first kappa shape index (κ1) is 15.3. The minimum Gasteiger partial charge on any atom is -0.321 e. The predicted octanol–water partition coefficient (Wildman–Crippen LogP) is 1.36. The Morgan fingerprint density at radius 3 is 2.65 bits per heavy atom. The van der Waals surface area contributed by atoms with E-state index in [4.69, 9.17) is 5.26 Å². The molecule has 1 N–H and O–H groups in total. The number of carbonyl (C=O) groups is 1. The van der Waals surface area contributed by atoms with Crippen LogP contribution in [0.4, 0.5) is 11.4 Å². The van der Waals surface area contributed by atoms with Crippen molar-refractivity contribution >= 4 is 27.1 Å². The Morgan fingerprint density at radius 1 is 1.50 bits per heavy atom. The van der Waals surface area contributed by atoms with Crippen molar-refractivity contribution in [2.24, 2.45) is 0 Å². The maximum Gasteiger partial charge on any atom is 0.294 e. The lowest BCUT2D eigenvalue weighted by molar-refractivity contribution is -0.384. The highest BCUT2D eigenvalue weighted by molar-refractivity contribution is 7.94. The molecule has 0 aromatic heterocycles. The van der Waals surface area contributed by atoms with E-state index in [1.807, 2.05) is 0 Å². The molecular formula is C11H9N3O5S. The second-order valence-corrected chi connectivity index (χ2v) is 5.43. The van der Waals surface area contributed by atoms with Crippen LogP contribution in [-0.2, 0) is 14.6 Å². The van der Waals surface area contributed by atoms with Crippen molar-refractivity contribution in [2.75, 3.05) is 5.32 Å². The standard InChI is InChI=1S/C11H9N3O5S/c1-8(15)13-10-4-3-9(7-11(10)14(16)17)20(18,19)6-2-5-12/h2-4,6-7H,1H3,(H,13,15). The molecule has 0 fully saturated rings. The number of allylic oxidation sites excluding steroid dienone is 1. The van der Waals surface area contributed by atoms with Crippen LogP contribution in [0.15, 0.2) is 34.6 Å². The monoisotopic (exact) mass is 295 g/mol. The Balaban J connectivity index is 3.38. The van der Waals surface area contributed by atoms with Crippen molar-refractivity contribution in [3.63, 3.8) is 0 Å². The second-order valence-electron chi connectivity index (χ2n) is 3.59. The van der Waals surface area contributed by atoms with Crippen LogP contribution in [0, 0.1) is 21.4 Å². The first-order valence-corrected chi connectivity index (χ1v) is 6.70. The smallest absolute Gasteiger partial charge is 0.294 e. The lowest BCUT2D eigenvalue weighted by Gasteiger charge is -2.05. The number of rotatable bonds is 4. The van der Waals surface area contributed by atoms with Gasteiger partial charge in [0, 0.05) is 24.5 Å². The van der Waals surface area contributed by atoms with Gasteiger partial charge in [-0.05, 0) is 12.1 Å². The van der Waals surface area contributed by atoms with Gasteiger partial charge in [0.15, 0.2) is 0 Å². The number of nitro groups is 1. The van der Waals surface area contributed by atoms with Gasteiger partial charge in [-0.2, -0.15) is 5.26 Å². The maximum atomic E-state index is 11.8. The van der Waals surface area contributed by atoms with Crippen LogP contribution in [0.5, 0.6) is 0 Å². The fourth-order valence-corrected chi connectivity index (χ4v) is 2.26. The Morgan fingerprint density at radius 2 is 2.15 bits per heavy atom. The molecule has 8 nitrogen and oxygen atoms in total. The van der Waals surface area contributed by atoms with Gasteiger partial charge in [0.25, 0.3) is 5.69 Å². The number of amides is 1. The quantitative estimate of drug-likeness (QED) is 0.507. The average Bonchev–Trinajstić information content (AvgIpc) is 2.35. The van der Waals surface area contributed by atoms with Crippen molar-refractivity contribution in [3.8, 4) is 6.07 Å². The molecule has 0 spiro atoms. The summed E-state index contributed by atoms with van der Waals surface area (Å²) in [6, 6.07) is 4.56. The Hall–Kier alpha value is -2.73. The molecule has 9 heteroatoms. The molecule has 0 saturated carbocycles. The van der Waals surface area contributed by atoms with E-state index < -0.39 is 26.4 Å². The zero-order chi connectivity index (χ0) is 15.3. The number of hydrogen-bond acceptors (Lipinski definition) is 6. The molecule has 0 aliphatic rings. The van der Waals surface area contributed by atoms with Crippen molar-refractivity contribution in [3.05, 3.63) is 39.8 Å². The fourth-order valence-electron chi connectivity index (χ4n) is 1.33. The van der Waals surface area contributed by atoms with E-state index in [1.54, 1.807) is 0 Å². The predicted molar refractivity (Wildman–Crippen MR) is 69.3 cm³/mol. The van der Waals surface area contributed by atoms with E-state index in [0.717, 1.165) is 24.3 Å². The molecule has 0 aliphatic carbocycles. The highest BCUT2D eigenvalue weighted by Gasteiger charge is 2.20. The zero-order valence-corrected chi connectivity index (χ0v) is 11.0. The van der Waals surface area contributed by atoms with Crippen LogP contribution >= 0.6 is 0 Å². The molecule has 0 unspecified atom stereocenters. The summed E-state index contributed by atoms with van der Waals surface area (Å²) < 4.78 is 23.5. The minimum atomic E-state index is -3.94. The Kier molecular flexibility index (Phi) is 4.55. The Labute approximate surface area is 114 Å². The number of sulfone groups is 1. The van der Waals surface area contributed by atoms with Gasteiger partial charge in [-0.25, -0.2) is 8.42 Å². The van der Waals surface area contributed by atoms with Crippen LogP contribution < -0.4 is 5.32 Å². The van der Waals surface area contributed by atoms with Crippen molar-refractivity contribution in [1.29, 1.82) is 5.26 Å². The first-order valence-electron chi connectivity index (χ1n) is 5.15. The summed E-state index contributed by atoms with van der Waals surface area (Å²) in [4.78, 5) is 20.6. The molecule has 104 valence electrons. The van der Waals surface area contributed by atoms with Gasteiger partial charge < -0.3 is 5.32 Å². The van der Waals surface area contributed by atoms with Gasteiger partial charge in [-0.3, -0.25) is 14.9 Å². The molecule has 0 saturated heterocycles. The van der Waals surface area contributed by atoms with Crippen molar-refractivity contribution < 1.29 is 18.1 Å². The number of nitrogens with one attached hydrogen (secondary N) is 1. The molecular weight excluding hydrogens is 286 g/mol. The zero-order valence-electron chi connectivity index (χ0n) is 10.2. The van der Waals surface area contributed by atoms with E-state index in [0.29, 0.717) is 5.41 Å². The molecule has 1 rings (SSSR count). The molecule has 1 aromatic carbocycles. The average molecular weight is 295 g/mol. The minimum absolute atomic E-state index is 0.106. The molecule has 0 heterocycles. The summed E-state index contributed by atoms with van der Waals surface area (Å²) in [6.07, 6.45) is 0.753. The number of nitro benzene ring substituents is 1. The molecule has 20 heavy (non-hydrogen) atoms. The van der Waals surface area contributed by atoms with E-state index in [-0.39, 0.29) is 10.6 Å². The lowest BCUT2D eigenvalue weighted by Crippen LogP contribution is -2.09. The number of carbonyl (C=O) groups excluding carboxylic acids is 1. The van der Waals surface area contributed by atoms with Crippen molar-refractivity contribution in [1.82, 2.24) is 0 Å². The number of nitriles is 1. The van der Waals surface area contributed by atoms with Gasteiger partial charge in [0.2, 0.25) is 15.7 Å². The number of hydrogen-bond donors (Lipinski definition) is 1. The van der Waals surface area contributed by atoms with Crippen LogP contribution in [0.25, 0.3) is 0 Å². The molecule has 0 aliphatic heterocycles. The van der Waals surface area contributed by atoms with E-state index in [1.165, 1.54) is 13.0 Å². The van der Waals surface area contributed by atoms with Crippen LogP contribution in [0.2, 0.25) is 0 Å². The number of benzene rings is 1. The third-order valence-corrected chi connectivity index (χ3v) is 3.53. The summed E-state index contributed by atoms with van der Waals surface area (Å²) >= 11 is 0. The molecule has 0 bridgehead atoms. The Bertz CT molecular complexity index is 731. The second kappa shape index (κ2) is 5.94. The van der Waals surface area contributed by atoms with E-state index in [9.17, 15) is 23.3 Å². The SMILES string of the molecule is CC(=O)Nc1ccc(S(=O)(=O)C=CC#N)cc1[N+](=O)[O-]. The third-order valence-electron chi connectivity index (χ3n) is 2.13. The van der Waals surface area contributed by atoms with Crippen LogP contribution in [0.3, 0.4) is 0 Å². The highest BCUT2D eigenvalue weighted by Crippen LogP contribution is 2.28. The first-order chi connectivity index (χ1) is 9.27. The highest BCUT2D eigenvalue weighted by atomic mass is 32.2. The van der Waals surface area contributed by atoms with E-state index in [2.05, 4.69) is 5.32 Å². The molecule has 1 amide bonds. The largest absolute Gasteiger partial charge is 0.321 e. The number of nitrogens with zero attached hydrogens (tertiary/aromatic N) is 2. The van der Waals surface area contributed by atoms with Crippen molar-refractivity contribution in [2.45, 2.75) is 11.8 Å². The lowest BCUT2D eigenvalue weighted by atomic mass is 10.2. The summed E-state index contributed by atoms with van der Waals surface area (Å²) in [5, 5.41) is 22.1. The fraction of sp³-hybridized carbons (Fsp3) is 0.0909. The van der Waals surface area contributed by atoms with E-state index >= 15 is 0 Å². The van der Waals surface area contributed by atoms with Crippen LogP contribution in [0.1, 0.15) is 6.92 Å². The molecule has 0 radical (unpaired) electrons. The third kappa shape index (κ3) is 3.63. The van der Waals surface area contributed by atoms with Gasteiger partial charge in [-0.1, -0.05) is 0 Å². The van der Waals surface area contributed by atoms with Crippen LogP contribution in [-0.4, -0.2) is 19.2 Å². The molecule has 1 aromatic rings. The van der Waals surface area contributed by atoms with Gasteiger partial charge >= 0.3 is 0 Å². The maximum absolute atomic E-state index is 11.8. The normalized spacial score (nSPS) is 11.0. The van der Waals surface area contributed by atoms with Gasteiger partial charge in [0.1, 0.15) is 5.69 Å².